The number of halogens is 6. The lowest BCUT2D eigenvalue weighted by Crippen LogP contribution is -2.54. The highest BCUT2D eigenvalue weighted by Crippen LogP contribution is 2.38. The fourth-order valence-corrected chi connectivity index (χ4v) is 6.21. The van der Waals surface area contributed by atoms with Crippen molar-refractivity contribution < 1.29 is 31.2 Å². The molecule has 2 amide bonds. The largest absolute Gasteiger partial charge is 0.417 e. The van der Waals surface area contributed by atoms with Crippen LogP contribution in [0.2, 0.25) is 15.1 Å². The number of amides is 2. The van der Waals surface area contributed by atoms with Crippen molar-refractivity contribution >= 4 is 62.3 Å². The Labute approximate surface area is 263 Å². The molecule has 0 aromatic heterocycles. The SMILES string of the molecule is C[C@H](C(=O)NC(C)(C)C)N(Cc1c(Cl)cccc1Cl)C(=O)CN(c1ccc(Cl)c(C(F)(F)F)c1)S(=O)(=O)c1ccccc1. The Morgan fingerprint density at radius 2 is 1.47 bits per heavy atom. The van der Waals surface area contributed by atoms with Gasteiger partial charge in [-0.3, -0.25) is 13.9 Å². The lowest BCUT2D eigenvalue weighted by molar-refractivity contribution is -0.140. The molecule has 3 aromatic rings. The summed E-state index contributed by atoms with van der Waals surface area (Å²) in [5, 5.41) is 2.50. The molecule has 0 aliphatic rings. The zero-order valence-electron chi connectivity index (χ0n) is 23.5. The maximum atomic E-state index is 14.0. The van der Waals surface area contributed by atoms with Gasteiger partial charge in [-0.05, 0) is 70.2 Å². The third kappa shape index (κ3) is 8.56. The number of hydrogen-bond acceptors (Lipinski definition) is 4. The molecule has 0 radical (unpaired) electrons. The summed E-state index contributed by atoms with van der Waals surface area (Å²) in [6, 6.07) is 12.9. The smallest absolute Gasteiger partial charge is 0.350 e. The summed E-state index contributed by atoms with van der Waals surface area (Å²) in [6.07, 6.45) is -4.91. The molecular formula is C29H29Cl3F3N3O4S. The van der Waals surface area contributed by atoms with E-state index in [1.165, 1.54) is 43.3 Å². The van der Waals surface area contributed by atoms with E-state index < -0.39 is 62.4 Å². The summed E-state index contributed by atoms with van der Waals surface area (Å²) < 4.78 is 69.4. The average Bonchev–Trinajstić information content (AvgIpc) is 2.90. The second kappa shape index (κ2) is 13.3. The molecule has 0 aliphatic heterocycles. The van der Waals surface area contributed by atoms with Gasteiger partial charge in [-0.15, -0.1) is 0 Å². The van der Waals surface area contributed by atoms with Crippen molar-refractivity contribution in [2.24, 2.45) is 0 Å². The Kier molecular flexibility index (Phi) is 10.7. The molecule has 0 unspecified atom stereocenters. The second-order valence-corrected chi connectivity index (χ2v) is 13.7. The Balaban J connectivity index is 2.16. The monoisotopic (exact) mass is 677 g/mol. The van der Waals surface area contributed by atoms with E-state index in [0.717, 1.165) is 17.0 Å². The van der Waals surface area contributed by atoms with Crippen LogP contribution in [0.1, 0.15) is 38.8 Å². The van der Waals surface area contributed by atoms with E-state index in [4.69, 9.17) is 34.8 Å². The van der Waals surface area contributed by atoms with Crippen molar-refractivity contribution in [3.8, 4) is 0 Å². The molecule has 232 valence electrons. The van der Waals surface area contributed by atoms with Gasteiger partial charge >= 0.3 is 6.18 Å². The van der Waals surface area contributed by atoms with Crippen molar-refractivity contribution in [3.63, 3.8) is 0 Å². The van der Waals surface area contributed by atoms with Gasteiger partial charge in [-0.1, -0.05) is 59.1 Å². The minimum Gasteiger partial charge on any atom is -0.350 e. The molecule has 1 N–H and O–H groups in total. The molecule has 14 heteroatoms. The zero-order valence-corrected chi connectivity index (χ0v) is 26.6. The van der Waals surface area contributed by atoms with Crippen molar-refractivity contribution in [2.45, 2.75) is 56.9 Å². The van der Waals surface area contributed by atoms with Crippen LogP contribution in [0.15, 0.2) is 71.6 Å². The molecule has 3 rings (SSSR count). The zero-order chi connectivity index (χ0) is 32.3. The van der Waals surface area contributed by atoms with Crippen LogP contribution in [-0.2, 0) is 32.3 Å². The van der Waals surface area contributed by atoms with Gasteiger partial charge in [0.25, 0.3) is 10.0 Å². The summed E-state index contributed by atoms with van der Waals surface area (Å²) >= 11 is 18.5. The molecule has 0 spiro atoms. The van der Waals surface area contributed by atoms with Gasteiger partial charge in [0, 0.05) is 27.7 Å². The first-order chi connectivity index (χ1) is 19.8. The van der Waals surface area contributed by atoms with Crippen LogP contribution in [0, 0.1) is 0 Å². The summed E-state index contributed by atoms with van der Waals surface area (Å²) in [7, 11) is -4.60. The van der Waals surface area contributed by atoms with E-state index in [-0.39, 0.29) is 27.0 Å². The number of alkyl halides is 3. The van der Waals surface area contributed by atoms with Crippen LogP contribution in [0.4, 0.5) is 18.9 Å². The van der Waals surface area contributed by atoms with Crippen LogP contribution >= 0.6 is 34.8 Å². The number of nitrogens with one attached hydrogen (secondary N) is 1. The van der Waals surface area contributed by atoms with Gasteiger partial charge in [0.15, 0.2) is 0 Å². The minimum absolute atomic E-state index is 0.190. The molecular weight excluding hydrogens is 650 g/mol. The van der Waals surface area contributed by atoms with Crippen LogP contribution in [-0.4, -0.2) is 43.3 Å². The van der Waals surface area contributed by atoms with Gasteiger partial charge in [0.2, 0.25) is 11.8 Å². The van der Waals surface area contributed by atoms with Crippen molar-refractivity contribution in [1.29, 1.82) is 0 Å². The molecule has 0 heterocycles. The van der Waals surface area contributed by atoms with Crippen molar-refractivity contribution in [1.82, 2.24) is 10.2 Å². The molecule has 0 bridgehead atoms. The highest BCUT2D eigenvalue weighted by Gasteiger charge is 2.37. The third-order valence-corrected chi connectivity index (χ3v) is 9.03. The Hall–Kier alpha value is -2.99. The Morgan fingerprint density at radius 3 is 2.00 bits per heavy atom. The molecule has 0 aliphatic carbocycles. The maximum Gasteiger partial charge on any atom is 0.417 e. The second-order valence-electron chi connectivity index (χ2n) is 10.6. The topological polar surface area (TPSA) is 86.8 Å². The predicted octanol–water partition coefficient (Wildman–Crippen LogP) is 7.19. The molecule has 43 heavy (non-hydrogen) atoms. The molecule has 0 fully saturated rings. The summed E-state index contributed by atoms with van der Waals surface area (Å²) in [5.74, 6) is -1.47. The fraction of sp³-hybridized carbons (Fsp3) is 0.310. The standard InChI is InChI=1S/C29H29Cl3F3N3O4S/c1-18(27(40)36-28(2,3)4)37(16-21-23(30)11-8-12-24(21)31)26(39)17-38(43(41,42)20-9-6-5-7-10-20)19-13-14-25(32)22(15-19)29(33,34)35/h5-15,18H,16-17H2,1-4H3,(H,36,40)/t18-/m1/s1. The van der Waals surface area contributed by atoms with Crippen LogP contribution in [0.5, 0.6) is 0 Å². The molecule has 0 saturated heterocycles. The number of benzene rings is 3. The highest BCUT2D eigenvalue weighted by molar-refractivity contribution is 7.92. The lowest BCUT2D eigenvalue weighted by Gasteiger charge is -2.34. The van der Waals surface area contributed by atoms with Gasteiger partial charge in [-0.2, -0.15) is 13.2 Å². The average molecular weight is 679 g/mol. The quantitative estimate of drug-likeness (QED) is 0.260. The predicted molar refractivity (Wildman–Crippen MR) is 162 cm³/mol. The lowest BCUT2D eigenvalue weighted by atomic mass is 10.1. The number of carbonyl (C=O) groups is 2. The van der Waals surface area contributed by atoms with Gasteiger partial charge < -0.3 is 10.2 Å². The Bertz CT molecular complexity index is 1580. The third-order valence-electron chi connectivity index (χ3n) is 6.21. The van der Waals surface area contributed by atoms with Gasteiger partial charge in [-0.25, -0.2) is 8.42 Å². The maximum absolute atomic E-state index is 14.0. The number of carbonyl (C=O) groups excluding carboxylic acids is 2. The van der Waals surface area contributed by atoms with E-state index >= 15 is 0 Å². The molecule has 3 aromatic carbocycles. The fourth-order valence-electron chi connectivity index (χ4n) is 4.04. The number of nitrogens with zero attached hydrogens (tertiary/aromatic N) is 2. The first-order valence-corrected chi connectivity index (χ1v) is 15.4. The van der Waals surface area contributed by atoms with E-state index in [9.17, 15) is 31.2 Å². The first kappa shape index (κ1) is 34.5. The summed E-state index contributed by atoms with van der Waals surface area (Å²) in [5.41, 5.74) is -2.14. The van der Waals surface area contributed by atoms with Crippen LogP contribution in [0.3, 0.4) is 0 Å². The molecule has 1 atom stereocenters. The van der Waals surface area contributed by atoms with E-state index in [1.807, 2.05) is 0 Å². The molecule has 7 nitrogen and oxygen atoms in total. The Morgan fingerprint density at radius 1 is 0.884 bits per heavy atom. The number of sulfonamides is 1. The van der Waals surface area contributed by atoms with Crippen LogP contribution < -0.4 is 9.62 Å². The van der Waals surface area contributed by atoms with E-state index in [0.29, 0.717) is 10.4 Å². The van der Waals surface area contributed by atoms with Gasteiger partial charge in [0.1, 0.15) is 12.6 Å². The number of anilines is 1. The van der Waals surface area contributed by atoms with Crippen LogP contribution in [0.25, 0.3) is 0 Å². The number of rotatable bonds is 9. The van der Waals surface area contributed by atoms with Gasteiger partial charge in [0.05, 0.1) is 21.2 Å². The van der Waals surface area contributed by atoms with E-state index in [1.54, 1.807) is 32.9 Å². The number of hydrogen-bond donors (Lipinski definition) is 1. The highest BCUT2D eigenvalue weighted by atomic mass is 35.5. The minimum atomic E-state index is -4.91. The van der Waals surface area contributed by atoms with E-state index in [2.05, 4.69) is 5.32 Å². The van der Waals surface area contributed by atoms with Crippen molar-refractivity contribution in [3.05, 3.63) is 92.9 Å². The summed E-state index contributed by atoms with van der Waals surface area (Å²) in [6.45, 7) is 5.38. The first-order valence-electron chi connectivity index (χ1n) is 12.8. The summed E-state index contributed by atoms with van der Waals surface area (Å²) in [4.78, 5) is 28.0. The van der Waals surface area contributed by atoms with Crippen molar-refractivity contribution in [2.75, 3.05) is 10.8 Å². The molecule has 0 saturated carbocycles. The normalized spacial score (nSPS) is 12.9.